The highest BCUT2D eigenvalue weighted by Crippen LogP contribution is 2.30. The maximum Gasteiger partial charge on any atom is 0.246 e. The molecular formula is C44H66N8O6S. The lowest BCUT2D eigenvalue weighted by Crippen LogP contribution is -2.63. The molecule has 0 saturated carbocycles. The van der Waals surface area contributed by atoms with E-state index in [0.717, 1.165) is 5.56 Å². The number of aliphatic imine (C=N–C) groups is 1. The number of ketones is 1. The second kappa shape index (κ2) is 20.1. The number of nitrogens with zero attached hydrogens (tertiary/aromatic N) is 3. The summed E-state index contributed by atoms with van der Waals surface area (Å²) in [5.74, 6) is -2.78. The van der Waals surface area contributed by atoms with Gasteiger partial charge in [-0.05, 0) is 41.1 Å². The third kappa shape index (κ3) is 12.2. The largest absolute Gasteiger partial charge is 0.363 e. The molecule has 3 unspecified atom stereocenters. The first kappa shape index (κ1) is 47.0. The van der Waals surface area contributed by atoms with Crippen LogP contribution in [0.25, 0.3) is 0 Å². The number of benzene rings is 1. The Balaban J connectivity index is 1.78. The number of amidine groups is 1. The molecule has 2 aliphatic rings. The fourth-order valence-corrected chi connectivity index (χ4v) is 8.37. The minimum absolute atomic E-state index is 0.00585. The molecule has 0 radical (unpaired) electrons. The number of hydrogen-bond donors (Lipinski definition) is 5. The summed E-state index contributed by atoms with van der Waals surface area (Å²) in [6.07, 6.45) is 3.37. The summed E-state index contributed by atoms with van der Waals surface area (Å²) < 4.78 is 0. The zero-order chi connectivity index (χ0) is 43.8. The molecule has 2 aromatic rings. The minimum Gasteiger partial charge on any atom is -0.363 e. The van der Waals surface area contributed by atoms with Crippen LogP contribution >= 0.6 is 11.3 Å². The molecule has 5 N–H and O–H groups in total. The fraction of sp³-hybridized carbons (Fsp3) is 0.636. The third-order valence-electron chi connectivity index (χ3n) is 11.2. The number of fused-ring (bicyclic) bond motifs is 1. The number of nitrogens with one attached hydrogen (secondary N) is 5. The van der Waals surface area contributed by atoms with E-state index in [2.05, 4.69) is 31.6 Å². The highest BCUT2D eigenvalue weighted by molar-refractivity contribution is 7.09. The molecule has 1 aromatic heterocycles. The minimum atomic E-state index is -1.12. The normalized spacial score (nSPS) is 23.4. The lowest BCUT2D eigenvalue weighted by atomic mass is 9.83. The summed E-state index contributed by atoms with van der Waals surface area (Å²) in [4.78, 5) is 94.9. The van der Waals surface area contributed by atoms with E-state index in [0.29, 0.717) is 30.8 Å². The Bertz CT molecular complexity index is 1820. The molecule has 59 heavy (non-hydrogen) atoms. The van der Waals surface area contributed by atoms with Gasteiger partial charge in [-0.3, -0.25) is 33.8 Å². The molecule has 324 valence electrons. The number of rotatable bonds is 13. The van der Waals surface area contributed by atoms with Gasteiger partial charge in [-0.2, -0.15) is 0 Å². The third-order valence-corrected chi connectivity index (χ3v) is 12.0. The number of hydrogen-bond acceptors (Lipinski definition) is 9. The Morgan fingerprint density at radius 3 is 2.22 bits per heavy atom. The van der Waals surface area contributed by atoms with Crippen LogP contribution in [0.15, 0.2) is 46.9 Å². The molecule has 15 heteroatoms. The molecular weight excluding hydrogens is 769 g/mol. The Morgan fingerprint density at radius 2 is 1.64 bits per heavy atom. The van der Waals surface area contributed by atoms with Crippen LogP contribution in [-0.4, -0.2) is 94.3 Å². The average Bonchev–Trinajstić information content (AvgIpc) is 3.84. The van der Waals surface area contributed by atoms with E-state index in [4.69, 9.17) is 4.99 Å². The van der Waals surface area contributed by atoms with Crippen molar-refractivity contribution in [1.29, 1.82) is 0 Å². The van der Waals surface area contributed by atoms with Gasteiger partial charge in [-0.15, -0.1) is 11.3 Å². The molecule has 2 saturated heterocycles. The summed E-state index contributed by atoms with van der Waals surface area (Å²) in [6.45, 7) is 20.9. The van der Waals surface area contributed by atoms with Crippen LogP contribution in [0, 0.1) is 22.7 Å². The number of Topliss-reactive ketones (excluding diaryl/α,β-unsaturated/α-hetero) is 1. The van der Waals surface area contributed by atoms with Gasteiger partial charge in [0.25, 0.3) is 0 Å². The molecule has 14 nitrogen and oxygen atoms in total. The standard InChI is InChI=1S/C44H66N8O6S/c1-12-16-29(53)23-30(42-45-20-22-59-42)47-39(56)33(27(5)28-17-14-13-15-18-28)49-41(58)36(44(9,10)11)50-37-35(43(6,7)8)51-38(55)32(25(2)3)48-40(57)34-26(4)19-21-52(34)31(54)24-46-37/h13-15,17-18,20,22,25-27,30,32-36H,12,16,19,21,23-24H2,1-11H3,(H,46,50)(H,47,56)(H,48,57)(H,49,58)(H,51,55)/t26-,27+,30-,32+,33?,34+,35?,36?/m1/s1. The predicted molar refractivity (Wildman–Crippen MR) is 230 cm³/mol. The van der Waals surface area contributed by atoms with Crippen molar-refractivity contribution in [3.63, 3.8) is 0 Å². The van der Waals surface area contributed by atoms with Crippen molar-refractivity contribution in [1.82, 2.24) is 36.5 Å². The van der Waals surface area contributed by atoms with Crippen LogP contribution in [0.2, 0.25) is 0 Å². The molecule has 4 rings (SSSR count). The van der Waals surface area contributed by atoms with E-state index in [-0.39, 0.29) is 48.2 Å². The second-order valence-electron chi connectivity index (χ2n) is 18.6. The maximum absolute atomic E-state index is 14.8. The quantitative estimate of drug-likeness (QED) is 0.192. The van der Waals surface area contributed by atoms with Crippen LogP contribution in [0.4, 0.5) is 0 Å². The second-order valence-corrected chi connectivity index (χ2v) is 19.5. The van der Waals surface area contributed by atoms with Gasteiger partial charge in [0, 0.05) is 36.9 Å². The highest BCUT2D eigenvalue weighted by atomic mass is 32.1. The molecule has 3 heterocycles. The summed E-state index contributed by atoms with van der Waals surface area (Å²) >= 11 is 1.34. The first-order valence-electron chi connectivity index (χ1n) is 20.9. The number of thiazole rings is 1. The van der Waals surface area contributed by atoms with Crippen molar-refractivity contribution >= 4 is 52.5 Å². The van der Waals surface area contributed by atoms with Crippen molar-refractivity contribution < 1.29 is 28.8 Å². The van der Waals surface area contributed by atoms with Crippen LogP contribution in [-0.2, 0) is 28.8 Å². The van der Waals surface area contributed by atoms with E-state index < -0.39 is 70.7 Å². The van der Waals surface area contributed by atoms with Crippen LogP contribution in [0.3, 0.4) is 0 Å². The maximum atomic E-state index is 14.8. The fourth-order valence-electron chi connectivity index (χ4n) is 7.68. The zero-order valence-electron chi connectivity index (χ0n) is 36.7. The first-order valence-corrected chi connectivity index (χ1v) is 21.8. The van der Waals surface area contributed by atoms with Gasteiger partial charge < -0.3 is 31.5 Å². The monoisotopic (exact) mass is 834 g/mol. The number of aromatic nitrogens is 1. The SMILES string of the molecule is CCCC(=O)C[C@@H](NC(=O)C(NC(=O)C(/N=C1\NCC(=O)N2CC[C@@H](C)[C@H]2C(=O)N[C@@H](C(C)C)C(=O)NC1C(C)(C)C)C(C)(C)C)[C@@H](C)c1ccccc1)c1nccs1. The van der Waals surface area contributed by atoms with E-state index in [1.54, 1.807) is 16.5 Å². The summed E-state index contributed by atoms with van der Waals surface area (Å²) in [7, 11) is 0. The number of amides is 5. The van der Waals surface area contributed by atoms with Crippen molar-refractivity contribution in [3.05, 3.63) is 52.5 Å². The zero-order valence-corrected chi connectivity index (χ0v) is 37.5. The molecule has 0 bridgehead atoms. The van der Waals surface area contributed by atoms with E-state index in [9.17, 15) is 28.8 Å². The van der Waals surface area contributed by atoms with Crippen molar-refractivity contribution in [2.45, 2.75) is 144 Å². The van der Waals surface area contributed by atoms with Gasteiger partial charge in [0.1, 0.15) is 40.8 Å². The number of carbonyl (C=O) groups excluding carboxylic acids is 6. The Morgan fingerprint density at radius 1 is 0.966 bits per heavy atom. The van der Waals surface area contributed by atoms with Crippen molar-refractivity contribution in [2.24, 2.45) is 27.7 Å². The van der Waals surface area contributed by atoms with Crippen molar-refractivity contribution in [3.8, 4) is 0 Å². The Labute approximate surface area is 353 Å². The molecule has 1 aromatic carbocycles. The van der Waals surface area contributed by atoms with Crippen LogP contribution in [0.5, 0.6) is 0 Å². The highest BCUT2D eigenvalue weighted by Gasteiger charge is 2.44. The molecule has 2 aliphatic heterocycles. The summed E-state index contributed by atoms with van der Waals surface area (Å²) in [5.41, 5.74) is -0.694. The molecule has 0 aliphatic carbocycles. The van der Waals surface area contributed by atoms with E-state index >= 15 is 0 Å². The van der Waals surface area contributed by atoms with E-state index in [1.807, 2.05) is 106 Å². The summed E-state index contributed by atoms with van der Waals surface area (Å²) in [6, 6.07) is 4.04. The molecule has 2 fully saturated rings. The van der Waals surface area contributed by atoms with Gasteiger partial charge >= 0.3 is 0 Å². The van der Waals surface area contributed by atoms with Gasteiger partial charge in [0.2, 0.25) is 29.5 Å². The van der Waals surface area contributed by atoms with Gasteiger partial charge in [-0.25, -0.2) is 4.98 Å². The molecule has 5 amide bonds. The van der Waals surface area contributed by atoms with Gasteiger partial charge in [0.15, 0.2) is 0 Å². The smallest absolute Gasteiger partial charge is 0.246 e. The first-order chi connectivity index (χ1) is 27.6. The number of carbonyl (C=O) groups is 6. The van der Waals surface area contributed by atoms with Crippen molar-refractivity contribution in [2.75, 3.05) is 13.1 Å². The van der Waals surface area contributed by atoms with Gasteiger partial charge in [0.05, 0.1) is 18.6 Å². The van der Waals surface area contributed by atoms with Crippen LogP contribution < -0.4 is 26.6 Å². The summed E-state index contributed by atoms with van der Waals surface area (Å²) in [5, 5.41) is 17.7. The topological polar surface area (TPSA) is 191 Å². The Kier molecular flexibility index (Phi) is 16.0. The predicted octanol–water partition coefficient (Wildman–Crippen LogP) is 4.67. The lowest BCUT2D eigenvalue weighted by molar-refractivity contribution is -0.140. The molecule has 8 atom stereocenters. The van der Waals surface area contributed by atoms with E-state index in [1.165, 1.54) is 11.3 Å². The van der Waals surface area contributed by atoms with Gasteiger partial charge in [-0.1, -0.05) is 106 Å². The molecule has 0 spiro atoms. The average molecular weight is 835 g/mol. The Hall–Kier alpha value is -4.66. The lowest BCUT2D eigenvalue weighted by Gasteiger charge is -2.38. The van der Waals surface area contributed by atoms with Crippen LogP contribution in [0.1, 0.15) is 124 Å².